The Morgan fingerprint density at radius 1 is 1.20 bits per heavy atom. The predicted octanol–water partition coefficient (Wildman–Crippen LogP) is 3.32. The third kappa shape index (κ3) is 2.57. The number of nitrogens with zero attached hydrogens (tertiary/aromatic N) is 3. The van der Waals surface area contributed by atoms with Gasteiger partial charge < -0.3 is 5.84 Å². The fraction of sp³-hybridized carbons (Fsp3) is 0.143. The van der Waals surface area contributed by atoms with Gasteiger partial charge in [-0.1, -0.05) is 42.1 Å². The van der Waals surface area contributed by atoms with Crippen molar-refractivity contribution in [1.29, 1.82) is 0 Å². The van der Waals surface area contributed by atoms with Gasteiger partial charge in [0.15, 0.2) is 5.82 Å². The average molecular weight is 302 g/mol. The van der Waals surface area contributed by atoms with Crippen molar-refractivity contribution in [2.45, 2.75) is 17.8 Å². The molecule has 2 heterocycles. The minimum absolute atomic E-state index is 0.715. The first-order chi connectivity index (χ1) is 9.75. The number of thiophene rings is 1. The number of hydrogen-bond acceptors (Lipinski definition) is 5. The molecule has 6 heteroatoms. The zero-order valence-electron chi connectivity index (χ0n) is 11.0. The number of nitrogen functional groups attached to an aromatic ring is 1. The number of aromatic nitrogens is 3. The molecule has 4 nitrogen and oxygen atoms in total. The molecule has 0 bridgehead atoms. The quantitative estimate of drug-likeness (QED) is 0.593. The maximum Gasteiger partial charge on any atom is 0.210 e. The fourth-order valence-electron chi connectivity index (χ4n) is 1.86. The summed E-state index contributed by atoms with van der Waals surface area (Å²) in [5.74, 6) is 7.63. The topological polar surface area (TPSA) is 56.7 Å². The normalized spacial score (nSPS) is 10.8. The molecule has 0 saturated carbocycles. The summed E-state index contributed by atoms with van der Waals surface area (Å²) in [5.41, 5.74) is 2.57. The van der Waals surface area contributed by atoms with E-state index in [2.05, 4.69) is 29.3 Å². The average Bonchev–Trinajstić information content (AvgIpc) is 3.08. The highest BCUT2D eigenvalue weighted by Crippen LogP contribution is 2.27. The zero-order valence-corrected chi connectivity index (χ0v) is 12.6. The van der Waals surface area contributed by atoms with Crippen LogP contribution < -0.4 is 5.84 Å². The second kappa shape index (κ2) is 5.68. The van der Waals surface area contributed by atoms with Crippen LogP contribution in [0.3, 0.4) is 0 Å². The minimum atomic E-state index is 0.715. The van der Waals surface area contributed by atoms with Crippen LogP contribution in [0, 0.1) is 6.92 Å². The molecular weight excluding hydrogens is 288 g/mol. The largest absolute Gasteiger partial charge is 0.335 e. The van der Waals surface area contributed by atoms with Crippen LogP contribution >= 0.6 is 23.1 Å². The number of nitrogens with two attached hydrogens (primary N) is 1. The number of benzene rings is 1. The lowest BCUT2D eigenvalue weighted by atomic mass is 10.1. The van der Waals surface area contributed by atoms with Crippen LogP contribution in [0.15, 0.2) is 46.9 Å². The Kier molecular flexibility index (Phi) is 3.75. The van der Waals surface area contributed by atoms with Crippen LogP contribution in [0.25, 0.3) is 10.7 Å². The summed E-state index contributed by atoms with van der Waals surface area (Å²) in [6.07, 6.45) is 0. The smallest absolute Gasteiger partial charge is 0.210 e. The Morgan fingerprint density at radius 2 is 2.05 bits per heavy atom. The van der Waals surface area contributed by atoms with Gasteiger partial charge in [0.2, 0.25) is 5.16 Å². The molecule has 0 aliphatic rings. The Hall–Kier alpha value is -1.79. The summed E-state index contributed by atoms with van der Waals surface area (Å²) in [7, 11) is 0. The lowest BCUT2D eigenvalue weighted by Crippen LogP contribution is -2.11. The molecule has 0 fully saturated rings. The summed E-state index contributed by atoms with van der Waals surface area (Å²) < 4.78 is 1.56. The van der Waals surface area contributed by atoms with Crippen molar-refractivity contribution in [2.75, 3.05) is 5.84 Å². The third-order valence-corrected chi connectivity index (χ3v) is 4.88. The van der Waals surface area contributed by atoms with E-state index < -0.39 is 0 Å². The SMILES string of the molecule is Cc1ccccc1CSc1nnc(-c2cccs2)n1N. The van der Waals surface area contributed by atoms with E-state index in [-0.39, 0.29) is 0 Å². The highest BCUT2D eigenvalue weighted by Gasteiger charge is 2.13. The molecule has 0 atom stereocenters. The van der Waals surface area contributed by atoms with Crippen LogP contribution in [0.1, 0.15) is 11.1 Å². The number of rotatable bonds is 4. The predicted molar refractivity (Wildman–Crippen MR) is 84.2 cm³/mol. The first-order valence-electron chi connectivity index (χ1n) is 6.17. The number of hydrogen-bond donors (Lipinski definition) is 1. The van der Waals surface area contributed by atoms with Crippen molar-refractivity contribution in [3.63, 3.8) is 0 Å². The molecule has 2 aromatic heterocycles. The first kappa shape index (κ1) is 13.2. The van der Waals surface area contributed by atoms with E-state index in [1.807, 2.05) is 29.6 Å². The second-order valence-corrected chi connectivity index (χ2v) is 6.26. The van der Waals surface area contributed by atoms with Crippen molar-refractivity contribution >= 4 is 23.1 Å². The molecule has 2 N–H and O–H groups in total. The summed E-state index contributed by atoms with van der Waals surface area (Å²) in [6.45, 7) is 2.11. The molecule has 0 radical (unpaired) electrons. The fourth-order valence-corrected chi connectivity index (χ4v) is 3.50. The van der Waals surface area contributed by atoms with E-state index in [4.69, 9.17) is 5.84 Å². The second-order valence-electron chi connectivity index (χ2n) is 4.37. The molecule has 0 unspecified atom stereocenters. The molecule has 0 amide bonds. The van der Waals surface area contributed by atoms with E-state index in [1.54, 1.807) is 27.8 Å². The van der Waals surface area contributed by atoms with Gasteiger partial charge in [-0.25, -0.2) is 4.68 Å². The number of aryl methyl sites for hydroxylation is 1. The highest BCUT2D eigenvalue weighted by atomic mass is 32.2. The Morgan fingerprint density at radius 3 is 2.80 bits per heavy atom. The van der Waals surface area contributed by atoms with Crippen LogP contribution in [0.2, 0.25) is 0 Å². The maximum absolute atomic E-state index is 6.07. The van der Waals surface area contributed by atoms with Crippen LogP contribution in [0.4, 0.5) is 0 Å². The van der Waals surface area contributed by atoms with E-state index in [1.165, 1.54) is 11.1 Å². The van der Waals surface area contributed by atoms with Crippen LogP contribution in [0.5, 0.6) is 0 Å². The van der Waals surface area contributed by atoms with E-state index >= 15 is 0 Å². The Balaban J connectivity index is 1.78. The molecule has 1 aromatic carbocycles. The van der Waals surface area contributed by atoms with Crippen molar-refractivity contribution < 1.29 is 0 Å². The van der Waals surface area contributed by atoms with Crippen molar-refractivity contribution in [1.82, 2.24) is 14.9 Å². The number of thioether (sulfide) groups is 1. The summed E-state index contributed by atoms with van der Waals surface area (Å²) >= 11 is 3.21. The van der Waals surface area contributed by atoms with Gasteiger partial charge in [-0.05, 0) is 29.5 Å². The first-order valence-corrected chi connectivity index (χ1v) is 8.04. The summed E-state index contributed by atoms with van der Waals surface area (Å²) in [5, 5.41) is 11.1. The van der Waals surface area contributed by atoms with Crippen molar-refractivity contribution in [3.05, 3.63) is 52.9 Å². The van der Waals surface area contributed by atoms with E-state index in [0.717, 1.165) is 15.8 Å². The summed E-state index contributed by atoms with van der Waals surface area (Å²) in [6, 6.07) is 12.3. The molecule has 0 saturated heterocycles. The molecule has 0 spiro atoms. The van der Waals surface area contributed by atoms with Crippen molar-refractivity contribution in [3.8, 4) is 10.7 Å². The highest BCUT2D eigenvalue weighted by molar-refractivity contribution is 7.98. The van der Waals surface area contributed by atoms with E-state index in [9.17, 15) is 0 Å². The zero-order chi connectivity index (χ0) is 13.9. The van der Waals surface area contributed by atoms with Crippen LogP contribution in [-0.4, -0.2) is 14.9 Å². The van der Waals surface area contributed by atoms with Crippen molar-refractivity contribution in [2.24, 2.45) is 0 Å². The molecule has 20 heavy (non-hydrogen) atoms. The monoisotopic (exact) mass is 302 g/mol. The molecule has 3 rings (SSSR count). The van der Waals surface area contributed by atoms with Gasteiger partial charge in [0.25, 0.3) is 0 Å². The minimum Gasteiger partial charge on any atom is -0.335 e. The summed E-state index contributed by atoms with van der Waals surface area (Å²) in [4.78, 5) is 1.03. The lowest BCUT2D eigenvalue weighted by Gasteiger charge is -2.05. The van der Waals surface area contributed by atoms with Gasteiger partial charge in [0.05, 0.1) is 4.88 Å². The molecule has 0 aliphatic heterocycles. The van der Waals surface area contributed by atoms with Gasteiger partial charge in [-0.15, -0.1) is 21.5 Å². The van der Waals surface area contributed by atoms with Gasteiger partial charge >= 0.3 is 0 Å². The molecule has 102 valence electrons. The Labute approximate surface area is 125 Å². The third-order valence-electron chi connectivity index (χ3n) is 3.02. The van der Waals surface area contributed by atoms with Crippen LogP contribution in [-0.2, 0) is 5.75 Å². The molecular formula is C14H14N4S2. The lowest BCUT2D eigenvalue weighted by molar-refractivity contribution is 0.850. The van der Waals surface area contributed by atoms with E-state index in [0.29, 0.717) is 5.82 Å². The standard InChI is InChI=1S/C14H14N4S2/c1-10-5-2-3-6-11(10)9-20-14-17-16-13(18(14)15)12-7-4-8-19-12/h2-8H,9,15H2,1H3. The van der Waals surface area contributed by atoms with Gasteiger partial charge in [-0.2, -0.15) is 0 Å². The molecule has 3 aromatic rings. The van der Waals surface area contributed by atoms with Gasteiger partial charge in [0, 0.05) is 5.75 Å². The maximum atomic E-state index is 6.07. The van der Waals surface area contributed by atoms with Gasteiger partial charge in [-0.3, -0.25) is 0 Å². The Bertz CT molecular complexity index is 704. The van der Waals surface area contributed by atoms with Gasteiger partial charge in [0.1, 0.15) is 0 Å². The molecule has 0 aliphatic carbocycles.